The van der Waals surface area contributed by atoms with Crippen LogP contribution < -0.4 is 10.1 Å². The molecule has 2 amide bonds. The summed E-state index contributed by atoms with van der Waals surface area (Å²) in [6.45, 7) is 6.98. The van der Waals surface area contributed by atoms with Crippen molar-refractivity contribution in [3.8, 4) is 5.75 Å². The van der Waals surface area contributed by atoms with Crippen LogP contribution in [0.25, 0.3) is 0 Å². The Morgan fingerprint density at radius 1 is 0.968 bits per heavy atom. The van der Waals surface area contributed by atoms with Gasteiger partial charge in [-0.25, -0.2) is 0 Å². The molecule has 1 N–H and O–H groups in total. The highest BCUT2D eigenvalue weighted by Gasteiger charge is 2.28. The Bertz CT molecular complexity index is 780. The maximum absolute atomic E-state index is 13.1. The minimum Gasteiger partial charge on any atom is -0.494 e. The predicted molar refractivity (Wildman–Crippen MR) is 125 cm³/mol. The van der Waals surface area contributed by atoms with Crippen molar-refractivity contribution in [3.63, 3.8) is 0 Å². The first-order valence-electron chi connectivity index (χ1n) is 11.4. The summed E-state index contributed by atoms with van der Waals surface area (Å²) in [6, 6.07) is 19.3. The summed E-state index contributed by atoms with van der Waals surface area (Å²) in [7, 11) is 0. The molecule has 0 saturated carbocycles. The highest BCUT2D eigenvalue weighted by atomic mass is 16.5. The summed E-state index contributed by atoms with van der Waals surface area (Å²) in [4.78, 5) is 27.8. The maximum atomic E-state index is 13.1. The molecule has 168 valence electrons. The summed E-state index contributed by atoms with van der Waals surface area (Å²) < 4.78 is 5.72. The van der Waals surface area contributed by atoms with E-state index in [4.69, 9.17) is 4.74 Å². The van der Waals surface area contributed by atoms with Gasteiger partial charge in [-0.1, -0.05) is 62.4 Å². The second-order valence-corrected chi connectivity index (χ2v) is 7.83. The molecule has 0 saturated heterocycles. The minimum absolute atomic E-state index is 0.00116. The summed E-state index contributed by atoms with van der Waals surface area (Å²) in [5.74, 6) is 0.729. The van der Waals surface area contributed by atoms with Gasteiger partial charge >= 0.3 is 0 Å². The normalized spacial score (nSPS) is 12.6. The summed E-state index contributed by atoms with van der Waals surface area (Å²) >= 11 is 0. The van der Waals surface area contributed by atoms with Gasteiger partial charge in [0.1, 0.15) is 11.8 Å². The number of rotatable bonds is 13. The second kappa shape index (κ2) is 13.5. The molecule has 0 fully saturated rings. The fourth-order valence-corrected chi connectivity index (χ4v) is 3.41. The number of nitrogens with one attached hydrogen (secondary N) is 1. The largest absolute Gasteiger partial charge is 0.494 e. The number of para-hydroxylation sites is 1. The Kier molecular flexibility index (Phi) is 10.6. The zero-order valence-corrected chi connectivity index (χ0v) is 19.0. The quantitative estimate of drug-likeness (QED) is 0.478. The number of benzene rings is 2. The first-order valence-corrected chi connectivity index (χ1v) is 11.4. The van der Waals surface area contributed by atoms with Gasteiger partial charge in [-0.05, 0) is 50.3 Å². The second-order valence-electron chi connectivity index (χ2n) is 7.83. The van der Waals surface area contributed by atoms with E-state index in [0.29, 0.717) is 32.4 Å². The van der Waals surface area contributed by atoms with Crippen molar-refractivity contribution in [3.05, 3.63) is 66.2 Å². The molecule has 0 unspecified atom stereocenters. The maximum Gasteiger partial charge on any atom is 0.243 e. The number of carbonyl (C=O) groups excluding carboxylic acids is 2. The van der Waals surface area contributed by atoms with E-state index in [9.17, 15) is 9.59 Å². The van der Waals surface area contributed by atoms with Crippen molar-refractivity contribution < 1.29 is 14.3 Å². The molecule has 2 aromatic carbocycles. The molecule has 2 rings (SSSR count). The van der Waals surface area contributed by atoms with Gasteiger partial charge in [-0.15, -0.1) is 0 Å². The molecule has 31 heavy (non-hydrogen) atoms. The van der Waals surface area contributed by atoms with E-state index >= 15 is 0 Å². The van der Waals surface area contributed by atoms with Crippen LogP contribution in [0.1, 0.15) is 52.0 Å². The van der Waals surface area contributed by atoms with E-state index in [1.165, 1.54) is 0 Å². The number of carbonyl (C=O) groups is 2. The highest BCUT2D eigenvalue weighted by Crippen LogP contribution is 2.13. The lowest BCUT2D eigenvalue weighted by molar-refractivity contribution is -0.141. The van der Waals surface area contributed by atoms with Crippen LogP contribution in [-0.4, -0.2) is 41.9 Å². The number of hydrogen-bond acceptors (Lipinski definition) is 3. The van der Waals surface area contributed by atoms with Crippen LogP contribution in [-0.2, 0) is 16.0 Å². The smallest absolute Gasteiger partial charge is 0.243 e. The molecule has 2 atom stereocenters. The van der Waals surface area contributed by atoms with Crippen LogP contribution >= 0.6 is 0 Å². The van der Waals surface area contributed by atoms with E-state index < -0.39 is 6.04 Å². The van der Waals surface area contributed by atoms with Crippen molar-refractivity contribution in [2.24, 2.45) is 0 Å². The van der Waals surface area contributed by atoms with Crippen molar-refractivity contribution in [2.75, 3.05) is 13.2 Å². The Morgan fingerprint density at radius 3 is 2.23 bits per heavy atom. The van der Waals surface area contributed by atoms with Gasteiger partial charge in [0.25, 0.3) is 0 Å². The third-order valence-electron chi connectivity index (χ3n) is 5.42. The molecular formula is C26H36N2O3. The van der Waals surface area contributed by atoms with Crippen LogP contribution in [0.5, 0.6) is 5.75 Å². The third kappa shape index (κ3) is 8.44. The van der Waals surface area contributed by atoms with E-state index in [-0.39, 0.29) is 17.9 Å². The zero-order valence-electron chi connectivity index (χ0n) is 19.0. The molecule has 2 aromatic rings. The molecular weight excluding hydrogens is 388 g/mol. The van der Waals surface area contributed by atoms with Crippen molar-refractivity contribution in [2.45, 2.75) is 65.0 Å². The lowest BCUT2D eigenvalue weighted by Gasteiger charge is -2.31. The van der Waals surface area contributed by atoms with Gasteiger partial charge in [-0.3, -0.25) is 9.59 Å². The van der Waals surface area contributed by atoms with Crippen LogP contribution in [0.3, 0.4) is 0 Å². The Labute approximate surface area is 186 Å². The first-order chi connectivity index (χ1) is 15.0. The summed E-state index contributed by atoms with van der Waals surface area (Å²) in [5.41, 5.74) is 1.16. The molecule has 5 nitrogen and oxygen atoms in total. The minimum atomic E-state index is -0.458. The molecule has 0 spiro atoms. The molecule has 0 heterocycles. The van der Waals surface area contributed by atoms with Crippen LogP contribution in [0, 0.1) is 0 Å². The lowest BCUT2D eigenvalue weighted by Crippen LogP contribution is -2.51. The van der Waals surface area contributed by atoms with E-state index in [0.717, 1.165) is 24.2 Å². The van der Waals surface area contributed by atoms with Gasteiger partial charge in [-0.2, -0.15) is 0 Å². The molecule has 0 bridgehead atoms. The first kappa shape index (κ1) is 24.4. The van der Waals surface area contributed by atoms with Crippen LogP contribution in [0.2, 0.25) is 0 Å². The Hall–Kier alpha value is -2.82. The van der Waals surface area contributed by atoms with E-state index in [1.807, 2.05) is 69.3 Å². The average Bonchev–Trinajstić information content (AvgIpc) is 2.80. The third-order valence-corrected chi connectivity index (χ3v) is 5.42. The summed E-state index contributed by atoms with van der Waals surface area (Å²) in [6.07, 6.45) is 3.13. The molecule has 5 heteroatoms. The zero-order chi connectivity index (χ0) is 22.5. The fourth-order valence-electron chi connectivity index (χ4n) is 3.41. The van der Waals surface area contributed by atoms with Crippen molar-refractivity contribution in [1.29, 1.82) is 0 Å². The number of ether oxygens (including phenoxy) is 1. The van der Waals surface area contributed by atoms with Gasteiger partial charge < -0.3 is 15.0 Å². The predicted octanol–water partition coefficient (Wildman–Crippen LogP) is 4.61. The van der Waals surface area contributed by atoms with Crippen LogP contribution in [0.15, 0.2) is 60.7 Å². The highest BCUT2D eigenvalue weighted by molar-refractivity contribution is 5.87. The van der Waals surface area contributed by atoms with Gasteiger partial charge in [0.15, 0.2) is 0 Å². The van der Waals surface area contributed by atoms with Gasteiger partial charge in [0.05, 0.1) is 6.61 Å². The molecule has 0 radical (unpaired) electrons. The number of amides is 2. The monoisotopic (exact) mass is 424 g/mol. The van der Waals surface area contributed by atoms with E-state index in [2.05, 4.69) is 17.4 Å². The average molecular weight is 425 g/mol. The SMILES string of the molecule is CC[C@@H](C)NC(=O)[C@H](CC)N(CCc1ccccc1)C(=O)CCCOc1ccccc1. The number of nitrogens with zero attached hydrogens (tertiary/aromatic N) is 1. The summed E-state index contributed by atoms with van der Waals surface area (Å²) in [5, 5.41) is 3.05. The van der Waals surface area contributed by atoms with Crippen LogP contribution in [0.4, 0.5) is 0 Å². The molecule has 0 aliphatic carbocycles. The number of hydrogen-bond donors (Lipinski definition) is 1. The molecule has 0 aliphatic heterocycles. The Balaban J connectivity index is 2.00. The van der Waals surface area contributed by atoms with Crippen molar-refractivity contribution >= 4 is 11.8 Å². The van der Waals surface area contributed by atoms with Crippen molar-refractivity contribution in [1.82, 2.24) is 10.2 Å². The lowest BCUT2D eigenvalue weighted by atomic mass is 10.1. The van der Waals surface area contributed by atoms with Gasteiger partial charge in [0, 0.05) is 19.0 Å². The Morgan fingerprint density at radius 2 is 1.61 bits per heavy atom. The van der Waals surface area contributed by atoms with E-state index in [1.54, 1.807) is 4.90 Å². The topological polar surface area (TPSA) is 58.6 Å². The molecule has 0 aliphatic rings. The molecule has 0 aromatic heterocycles. The van der Waals surface area contributed by atoms with Gasteiger partial charge in [0.2, 0.25) is 11.8 Å². The fraction of sp³-hybridized carbons (Fsp3) is 0.462. The standard InChI is InChI=1S/C26H36N2O3/c1-4-21(3)27-26(30)24(5-2)28(19-18-22-13-8-6-9-14-22)25(29)17-12-20-31-23-15-10-7-11-16-23/h6-11,13-16,21,24H,4-5,12,17-20H2,1-3H3,(H,27,30)/t21-,24+/m1/s1.